The number of hydrogen-bond acceptors (Lipinski definition) is 6. The van der Waals surface area contributed by atoms with Crippen LogP contribution in [0.25, 0.3) is 42.4 Å². The van der Waals surface area contributed by atoms with Gasteiger partial charge in [-0.2, -0.15) is 0 Å². The Morgan fingerprint density at radius 2 is 1.18 bits per heavy atom. The van der Waals surface area contributed by atoms with Crippen molar-refractivity contribution in [3.05, 3.63) is 153 Å². The number of carbonyl (C=O) groups is 2. The van der Waals surface area contributed by atoms with E-state index in [1.54, 1.807) is 49.0 Å². The third-order valence-corrected chi connectivity index (χ3v) is 12.4. The van der Waals surface area contributed by atoms with Gasteiger partial charge in [-0.15, -0.1) is 22.7 Å². The van der Waals surface area contributed by atoms with E-state index in [2.05, 4.69) is 69.0 Å². The maximum absolute atomic E-state index is 13.8. The Morgan fingerprint density at radius 3 is 1.69 bits per heavy atom. The van der Waals surface area contributed by atoms with Gasteiger partial charge in [0, 0.05) is 69.3 Å². The summed E-state index contributed by atoms with van der Waals surface area (Å²) >= 11 is 12.8. The normalized spacial score (nSPS) is 11.0. The lowest BCUT2D eigenvalue weighted by molar-refractivity contribution is 0.0929. The van der Waals surface area contributed by atoms with Crippen LogP contribution in [0.2, 0.25) is 5.02 Å². The highest BCUT2D eigenvalue weighted by Gasteiger charge is 2.13. The van der Waals surface area contributed by atoms with E-state index >= 15 is 0 Å². The minimum Gasteiger partial charge on any atom is -0.383 e. The SMILES string of the molecule is COCCNC(=O)c1cccc(-c2cccc3cc(CBr)sc23)c1.COCCNC(=O)c1cccc(-c2cccc3cc(Cc4ccc(Cl)c(F)c4)sc23)c1. The summed E-state index contributed by atoms with van der Waals surface area (Å²) in [5.74, 6) is -0.599. The number of rotatable bonds is 13. The molecule has 0 aliphatic rings. The van der Waals surface area contributed by atoms with Crippen molar-refractivity contribution in [3.8, 4) is 22.3 Å². The number of carbonyl (C=O) groups excluding carboxylic acids is 2. The highest BCUT2D eigenvalue weighted by atomic mass is 79.9. The standard InChI is InChI=1S/C25H21ClFNO2S.C19H18BrNO2S/c1-30-11-10-28-25(29)19-6-2-4-17(14-19)21-7-3-5-18-15-20(31-24(18)21)12-16-8-9-22(26)23(27)13-16;1-23-9-8-21-19(22)15-6-2-4-13(10-15)17-7-3-5-14-11-16(12-20)24-18(14)17/h2-9,13-15H,10-12H2,1H3,(H,28,29);2-7,10-11H,8-9,12H2,1H3,(H,21,22). The number of nitrogens with one attached hydrogen (secondary N) is 2. The van der Waals surface area contributed by atoms with Gasteiger partial charge in [0.1, 0.15) is 5.82 Å². The summed E-state index contributed by atoms with van der Waals surface area (Å²) in [4.78, 5) is 27.1. The van der Waals surface area contributed by atoms with Crippen LogP contribution in [0, 0.1) is 5.82 Å². The van der Waals surface area contributed by atoms with Crippen molar-refractivity contribution in [1.29, 1.82) is 0 Å². The molecule has 0 aliphatic carbocycles. The zero-order valence-electron chi connectivity index (χ0n) is 30.3. The van der Waals surface area contributed by atoms with Crippen LogP contribution in [0.3, 0.4) is 0 Å². The molecule has 7 rings (SSSR count). The number of fused-ring (bicyclic) bond motifs is 2. The van der Waals surface area contributed by atoms with Crippen LogP contribution in [0.1, 0.15) is 36.0 Å². The van der Waals surface area contributed by atoms with E-state index < -0.39 is 5.82 Å². The molecule has 0 saturated heterocycles. The zero-order chi connectivity index (χ0) is 38.7. The maximum atomic E-state index is 13.8. The summed E-state index contributed by atoms with van der Waals surface area (Å²) in [7, 11) is 3.22. The van der Waals surface area contributed by atoms with E-state index in [1.165, 1.54) is 21.0 Å². The number of amides is 2. The van der Waals surface area contributed by atoms with Crippen LogP contribution in [0.5, 0.6) is 0 Å². The summed E-state index contributed by atoms with van der Waals surface area (Å²) < 4.78 is 26.2. The van der Waals surface area contributed by atoms with Gasteiger partial charge < -0.3 is 20.1 Å². The fourth-order valence-corrected chi connectivity index (χ4v) is 8.98. The highest BCUT2D eigenvalue weighted by molar-refractivity contribution is 9.08. The average Bonchev–Trinajstić information content (AvgIpc) is 3.83. The molecule has 0 radical (unpaired) electrons. The molecule has 7 aromatic rings. The highest BCUT2D eigenvalue weighted by Crippen LogP contribution is 2.37. The first-order valence-corrected chi connectivity index (χ1v) is 20.7. The van der Waals surface area contributed by atoms with Crippen molar-refractivity contribution in [2.45, 2.75) is 11.8 Å². The molecule has 11 heteroatoms. The van der Waals surface area contributed by atoms with Gasteiger partial charge in [-0.3, -0.25) is 9.59 Å². The molecule has 0 saturated carbocycles. The van der Waals surface area contributed by atoms with E-state index in [1.807, 2.05) is 54.6 Å². The second-order valence-corrected chi connectivity index (χ2v) is 15.8. The molecule has 2 heterocycles. The van der Waals surface area contributed by atoms with Crippen LogP contribution in [0.4, 0.5) is 4.39 Å². The Balaban J connectivity index is 0.000000193. The molecule has 0 bridgehead atoms. The average molecular weight is 858 g/mol. The first-order chi connectivity index (χ1) is 26.8. The van der Waals surface area contributed by atoms with Crippen LogP contribution in [0.15, 0.2) is 115 Å². The summed E-state index contributed by atoms with van der Waals surface area (Å²) in [6.45, 7) is 1.96. The first-order valence-electron chi connectivity index (χ1n) is 17.6. The second-order valence-electron chi connectivity index (χ2n) is 12.6. The number of thiophene rings is 2. The van der Waals surface area contributed by atoms with E-state index in [9.17, 15) is 14.0 Å². The van der Waals surface area contributed by atoms with Gasteiger partial charge in [-0.1, -0.05) is 94.3 Å². The van der Waals surface area contributed by atoms with Crippen molar-refractivity contribution >= 4 is 82.2 Å². The molecule has 2 aromatic heterocycles. The molecular weight excluding hydrogens is 819 g/mol. The predicted molar refractivity (Wildman–Crippen MR) is 230 cm³/mol. The molecule has 0 aliphatic heterocycles. The van der Waals surface area contributed by atoms with E-state index in [-0.39, 0.29) is 16.8 Å². The van der Waals surface area contributed by atoms with Gasteiger partial charge in [-0.25, -0.2) is 4.39 Å². The van der Waals surface area contributed by atoms with Crippen LogP contribution < -0.4 is 10.6 Å². The van der Waals surface area contributed by atoms with Crippen molar-refractivity contribution in [2.24, 2.45) is 0 Å². The lowest BCUT2D eigenvalue weighted by Crippen LogP contribution is -2.26. The van der Waals surface area contributed by atoms with E-state index in [4.69, 9.17) is 21.1 Å². The number of benzene rings is 5. The van der Waals surface area contributed by atoms with Crippen LogP contribution in [-0.4, -0.2) is 52.3 Å². The Hall–Kier alpha value is -4.42. The number of hydrogen-bond donors (Lipinski definition) is 2. The van der Waals surface area contributed by atoms with Crippen LogP contribution in [-0.2, 0) is 21.2 Å². The smallest absolute Gasteiger partial charge is 0.251 e. The van der Waals surface area contributed by atoms with Gasteiger partial charge >= 0.3 is 0 Å². The summed E-state index contributed by atoms with van der Waals surface area (Å²) in [5.41, 5.74) is 6.43. The van der Waals surface area contributed by atoms with Crippen LogP contribution >= 0.6 is 50.2 Å². The van der Waals surface area contributed by atoms with Gasteiger partial charge in [0.05, 0.1) is 18.2 Å². The Kier molecular flexibility index (Phi) is 14.2. The molecule has 6 nitrogen and oxygen atoms in total. The minimum atomic E-state index is -0.401. The number of ether oxygens (including phenoxy) is 2. The molecule has 2 amide bonds. The molecule has 0 atom stereocenters. The monoisotopic (exact) mass is 856 g/mol. The van der Waals surface area contributed by atoms with Crippen molar-refractivity contribution in [3.63, 3.8) is 0 Å². The molecule has 55 heavy (non-hydrogen) atoms. The molecular formula is C44H39BrClFN2O4S2. The van der Waals surface area contributed by atoms with Crippen molar-refractivity contribution in [2.75, 3.05) is 40.5 Å². The topological polar surface area (TPSA) is 76.7 Å². The third kappa shape index (κ3) is 10.3. The maximum Gasteiger partial charge on any atom is 0.251 e. The number of alkyl halides is 1. The first kappa shape index (κ1) is 40.2. The van der Waals surface area contributed by atoms with Gasteiger partial charge in [0.15, 0.2) is 0 Å². The number of methoxy groups -OCH3 is 2. The zero-order valence-corrected chi connectivity index (χ0v) is 34.3. The second kappa shape index (κ2) is 19.4. The van der Waals surface area contributed by atoms with Gasteiger partial charge in [0.25, 0.3) is 11.8 Å². The molecule has 0 unspecified atom stereocenters. The Morgan fingerprint density at radius 1 is 0.673 bits per heavy atom. The summed E-state index contributed by atoms with van der Waals surface area (Å²) in [6, 6.07) is 37.1. The molecule has 282 valence electrons. The quantitative estimate of drug-likeness (QED) is 0.0895. The fraction of sp³-hybridized carbons (Fsp3) is 0.182. The lowest BCUT2D eigenvalue weighted by Gasteiger charge is -2.08. The number of halogens is 3. The van der Waals surface area contributed by atoms with Crippen molar-refractivity contribution in [1.82, 2.24) is 10.6 Å². The van der Waals surface area contributed by atoms with E-state index in [0.29, 0.717) is 43.9 Å². The Bertz CT molecular complexity index is 2430. The molecule has 5 aromatic carbocycles. The van der Waals surface area contributed by atoms with Gasteiger partial charge in [0.2, 0.25) is 0 Å². The molecule has 2 N–H and O–H groups in total. The lowest BCUT2D eigenvalue weighted by atomic mass is 10.0. The minimum absolute atomic E-state index is 0.0756. The Labute approximate surface area is 341 Å². The summed E-state index contributed by atoms with van der Waals surface area (Å²) in [6.07, 6.45) is 0.634. The molecule has 0 spiro atoms. The van der Waals surface area contributed by atoms with Crippen molar-refractivity contribution < 1.29 is 23.5 Å². The largest absolute Gasteiger partial charge is 0.383 e. The third-order valence-electron chi connectivity index (χ3n) is 8.74. The predicted octanol–water partition coefficient (Wildman–Crippen LogP) is 11.2. The summed E-state index contributed by atoms with van der Waals surface area (Å²) in [5, 5.41) is 9.07. The molecule has 0 fully saturated rings. The van der Waals surface area contributed by atoms with E-state index in [0.717, 1.165) is 48.1 Å². The fourth-order valence-electron chi connectivity index (χ4n) is 6.08. The van der Waals surface area contributed by atoms with Gasteiger partial charge in [-0.05, 0) is 87.1 Å².